The van der Waals surface area contributed by atoms with Crippen LogP contribution in [0.25, 0.3) is 0 Å². The van der Waals surface area contributed by atoms with Crippen molar-refractivity contribution in [3.05, 3.63) is 76.0 Å². The Morgan fingerprint density at radius 2 is 1.72 bits per heavy atom. The third kappa shape index (κ3) is 3.21. The molecule has 1 N–H and O–H groups in total. The lowest BCUT2D eigenvalue weighted by molar-refractivity contribution is 0.431. The maximum atomic E-state index is 4.43. The smallest absolute Gasteiger partial charge is 0.222 e. The molecule has 0 bridgehead atoms. The Hall–Kier alpha value is -2.14. The first-order chi connectivity index (χ1) is 12.1. The van der Waals surface area contributed by atoms with E-state index in [2.05, 4.69) is 93.7 Å². The van der Waals surface area contributed by atoms with Gasteiger partial charge in [-0.15, -0.1) is 0 Å². The summed E-state index contributed by atoms with van der Waals surface area (Å²) in [4.78, 5) is 4.40. The van der Waals surface area contributed by atoms with Crippen LogP contribution in [0.1, 0.15) is 55.0 Å². The minimum Gasteiger partial charge on any atom is -0.348 e. The molecule has 4 nitrogen and oxygen atoms in total. The van der Waals surface area contributed by atoms with Gasteiger partial charge in [0.05, 0.1) is 12.1 Å². The van der Waals surface area contributed by atoms with E-state index in [0.29, 0.717) is 5.92 Å². The molecule has 2 heterocycles. The number of aromatic nitrogens is 3. The van der Waals surface area contributed by atoms with E-state index >= 15 is 0 Å². The van der Waals surface area contributed by atoms with Crippen LogP contribution in [0.15, 0.2) is 59.3 Å². The highest BCUT2D eigenvalue weighted by Gasteiger charge is 2.29. The van der Waals surface area contributed by atoms with Gasteiger partial charge >= 0.3 is 0 Å². The first-order valence-electron chi connectivity index (χ1n) is 8.63. The highest BCUT2D eigenvalue weighted by atomic mass is 79.9. The topological polar surface area (TPSA) is 42.7 Å². The fraction of sp³-hybridized carbons (Fsp3) is 0.300. The summed E-state index contributed by atoms with van der Waals surface area (Å²) in [6.45, 7) is 4.44. The van der Waals surface area contributed by atoms with Gasteiger partial charge in [0.1, 0.15) is 6.33 Å². The number of anilines is 1. The van der Waals surface area contributed by atoms with Gasteiger partial charge in [-0.2, -0.15) is 10.1 Å². The standard InChI is InChI=1S/C20H21BrN4/c1-13(2)14-3-5-15(6-4-14)18-11-19(16-7-9-17(21)10-8-16)25-20(24-18)22-12-23-25/h3-10,12-13,18-19H,11H2,1-2H3,(H,22,23,24). The van der Waals surface area contributed by atoms with E-state index < -0.39 is 0 Å². The largest absolute Gasteiger partial charge is 0.348 e. The van der Waals surface area contributed by atoms with Gasteiger partial charge in [-0.1, -0.05) is 66.2 Å². The van der Waals surface area contributed by atoms with E-state index in [1.54, 1.807) is 6.33 Å². The summed E-state index contributed by atoms with van der Waals surface area (Å²) < 4.78 is 3.08. The van der Waals surface area contributed by atoms with Gasteiger partial charge in [0.15, 0.2) is 0 Å². The molecule has 5 heteroatoms. The molecule has 25 heavy (non-hydrogen) atoms. The van der Waals surface area contributed by atoms with Gasteiger partial charge in [-0.05, 0) is 41.2 Å². The van der Waals surface area contributed by atoms with E-state index in [4.69, 9.17) is 0 Å². The second-order valence-corrected chi connectivity index (χ2v) is 7.77. The van der Waals surface area contributed by atoms with Crippen LogP contribution in [0.5, 0.6) is 0 Å². The number of hydrogen-bond acceptors (Lipinski definition) is 3. The maximum Gasteiger partial charge on any atom is 0.222 e. The summed E-state index contributed by atoms with van der Waals surface area (Å²) in [5, 5.41) is 7.97. The van der Waals surface area contributed by atoms with Crippen LogP contribution < -0.4 is 5.32 Å². The van der Waals surface area contributed by atoms with E-state index in [0.717, 1.165) is 16.8 Å². The summed E-state index contributed by atoms with van der Waals surface area (Å²) in [7, 11) is 0. The molecule has 128 valence electrons. The molecule has 0 aliphatic carbocycles. The SMILES string of the molecule is CC(C)c1ccc(C2CC(c3ccc(Br)cc3)n3ncnc3N2)cc1. The number of nitrogens with zero attached hydrogens (tertiary/aromatic N) is 3. The first kappa shape index (κ1) is 16.3. The van der Waals surface area contributed by atoms with Crippen LogP contribution in [0.3, 0.4) is 0 Å². The maximum absolute atomic E-state index is 4.43. The fourth-order valence-corrected chi connectivity index (χ4v) is 3.68. The molecular formula is C20H21BrN4. The summed E-state index contributed by atoms with van der Waals surface area (Å²) in [6, 6.07) is 17.8. The van der Waals surface area contributed by atoms with Crippen LogP contribution >= 0.6 is 15.9 Å². The zero-order chi connectivity index (χ0) is 17.4. The third-order valence-electron chi connectivity index (χ3n) is 4.89. The Labute approximate surface area is 156 Å². The fourth-order valence-electron chi connectivity index (χ4n) is 3.41. The van der Waals surface area contributed by atoms with Crippen LogP contribution in [-0.4, -0.2) is 14.8 Å². The molecule has 0 spiro atoms. The van der Waals surface area contributed by atoms with Crippen molar-refractivity contribution in [3.63, 3.8) is 0 Å². The lowest BCUT2D eigenvalue weighted by Crippen LogP contribution is -2.28. The van der Waals surface area contributed by atoms with Crippen LogP contribution in [0.4, 0.5) is 5.95 Å². The summed E-state index contributed by atoms with van der Waals surface area (Å²) >= 11 is 3.51. The van der Waals surface area contributed by atoms with Gasteiger partial charge < -0.3 is 5.32 Å². The Morgan fingerprint density at radius 1 is 1.04 bits per heavy atom. The minimum atomic E-state index is 0.182. The molecule has 0 saturated heterocycles. The Morgan fingerprint density at radius 3 is 2.40 bits per heavy atom. The highest BCUT2D eigenvalue weighted by molar-refractivity contribution is 9.10. The number of nitrogens with one attached hydrogen (secondary N) is 1. The summed E-state index contributed by atoms with van der Waals surface area (Å²) in [6.07, 6.45) is 2.57. The first-order valence-corrected chi connectivity index (χ1v) is 9.42. The second-order valence-electron chi connectivity index (χ2n) is 6.85. The van der Waals surface area contributed by atoms with Gasteiger partial charge in [-0.3, -0.25) is 0 Å². The monoisotopic (exact) mass is 396 g/mol. The normalized spacial score (nSPS) is 19.5. The third-order valence-corrected chi connectivity index (χ3v) is 5.42. The molecule has 4 rings (SSSR count). The number of rotatable bonds is 3. The quantitative estimate of drug-likeness (QED) is 0.651. The molecule has 1 aliphatic rings. The second kappa shape index (κ2) is 6.64. The Bertz CT molecular complexity index is 852. The molecule has 0 amide bonds. The molecule has 2 aromatic carbocycles. The van der Waals surface area contributed by atoms with Crippen molar-refractivity contribution in [2.45, 2.75) is 38.3 Å². The Balaban J connectivity index is 1.67. The number of benzene rings is 2. The summed E-state index contributed by atoms with van der Waals surface area (Å²) in [5.74, 6) is 1.38. The van der Waals surface area contributed by atoms with Crippen molar-refractivity contribution in [3.8, 4) is 0 Å². The van der Waals surface area contributed by atoms with E-state index in [1.165, 1.54) is 16.7 Å². The van der Waals surface area contributed by atoms with Crippen LogP contribution in [-0.2, 0) is 0 Å². The van der Waals surface area contributed by atoms with E-state index in [9.17, 15) is 0 Å². The van der Waals surface area contributed by atoms with E-state index in [1.807, 2.05) is 4.68 Å². The van der Waals surface area contributed by atoms with Crippen molar-refractivity contribution in [1.29, 1.82) is 0 Å². The average molecular weight is 397 g/mol. The highest BCUT2D eigenvalue weighted by Crippen LogP contribution is 2.37. The van der Waals surface area contributed by atoms with Gasteiger partial charge in [-0.25, -0.2) is 4.68 Å². The van der Waals surface area contributed by atoms with Crippen molar-refractivity contribution < 1.29 is 0 Å². The van der Waals surface area contributed by atoms with Crippen molar-refractivity contribution in [2.75, 3.05) is 5.32 Å². The zero-order valence-corrected chi connectivity index (χ0v) is 15.9. The average Bonchev–Trinajstić information content (AvgIpc) is 3.10. The Kier molecular flexibility index (Phi) is 4.34. The van der Waals surface area contributed by atoms with Gasteiger partial charge in [0, 0.05) is 4.47 Å². The minimum absolute atomic E-state index is 0.182. The molecule has 2 atom stereocenters. The number of fused-ring (bicyclic) bond motifs is 1. The van der Waals surface area contributed by atoms with Crippen molar-refractivity contribution >= 4 is 21.9 Å². The molecule has 0 fully saturated rings. The summed E-state index contributed by atoms with van der Waals surface area (Å²) in [5.41, 5.74) is 3.91. The van der Waals surface area contributed by atoms with Crippen molar-refractivity contribution in [1.82, 2.24) is 14.8 Å². The molecule has 1 aliphatic heterocycles. The van der Waals surface area contributed by atoms with Gasteiger partial charge in [0.2, 0.25) is 5.95 Å². The molecular weight excluding hydrogens is 376 g/mol. The van der Waals surface area contributed by atoms with Gasteiger partial charge in [0.25, 0.3) is 0 Å². The molecule has 2 unspecified atom stereocenters. The van der Waals surface area contributed by atoms with Crippen LogP contribution in [0.2, 0.25) is 0 Å². The van der Waals surface area contributed by atoms with Crippen molar-refractivity contribution in [2.24, 2.45) is 0 Å². The molecule has 1 aromatic heterocycles. The predicted octanol–water partition coefficient (Wildman–Crippen LogP) is 5.31. The zero-order valence-electron chi connectivity index (χ0n) is 14.4. The molecule has 3 aromatic rings. The predicted molar refractivity (Wildman–Crippen MR) is 104 cm³/mol. The lowest BCUT2D eigenvalue weighted by atomic mass is 9.92. The number of hydrogen-bond donors (Lipinski definition) is 1. The molecule has 0 saturated carbocycles. The molecule has 0 radical (unpaired) electrons. The van der Waals surface area contributed by atoms with E-state index in [-0.39, 0.29) is 12.1 Å². The number of halogens is 1. The van der Waals surface area contributed by atoms with Crippen LogP contribution in [0, 0.1) is 0 Å². The lowest BCUT2D eigenvalue weighted by Gasteiger charge is -2.32.